The fourth-order valence-corrected chi connectivity index (χ4v) is 10.8. The summed E-state index contributed by atoms with van der Waals surface area (Å²) in [5.74, 6) is 2.69. The van der Waals surface area contributed by atoms with Crippen LogP contribution in [0.4, 0.5) is 0 Å². The molecule has 0 saturated heterocycles. The van der Waals surface area contributed by atoms with Gasteiger partial charge in [-0.2, -0.15) is 8.42 Å². The minimum atomic E-state index is -3.80. The van der Waals surface area contributed by atoms with Gasteiger partial charge in [-0.3, -0.25) is 8.98 Å². The number of hydrogen-bond acceptors (Lipinski definition) is 4. The molecule has 4 saturated carbocycles. The normalized spacial score (nSPS) is 38.2. The van der Waals surface area contributed by atoms with E-state index in [9.17, 15) is 13.2 Å². The van der Waals surface area contributed by atoms with Gasteiger partial charge < -0.3 is 0 Å². The summed E-state index contributed by atoms with van der Waals surface area (Å²) in [4.78, 5) is 14.1. The first-order valence-corrected chi connectivity index (χ1v) is 17.5. The molecular weight excluding hydrogens is 504 g/mol. The van der Waals surface area contributed by atoms with E-state index in [1.54, 1.807) is 12.1 Å². The van der Waals surface area contributed by atoms with Crippen LogP contribution in [0.2, 0.25) is 0 Å². The Morgan fingerprint density at radius 1 is 0.872 bits per heavy atom. The molecule has 1 aromatic carbocycles. The van der Waals surface area contributed by atoms with Crippen molar-refractivity contribution in [2.24, 2.45) is 40.4 Å². The van der Waals surface area contributed by atoms with Gasteiger partial charge in [0.25, 0.3) is 10.1 Å². The second kappa shape index (κ2) is 11.6. The molecule has 0 radical (unpaired) electrons. The van der Waals surface area contributed by atoms with Crippen LogP contribution < -0.4 is 0 Å². The summed E-state index contributed by atoms with van der Waals surface area (Å²) in [6.45, 7) is 9.19. The van der Waals surface area contributed by atoms with Gasteiger partial charge in [-0.05, 0) is 105 Å². The largest absolute Gasteiger partial charge is 0.299 e. The van der Waals surface area contributed by atoms with Crippen LogP contribution in [-0.4, -0.2) is 20.3 Å². The van der Waals surface area contributed by atoms with E-state index in [1.165, 1.54) is 64.2 Å². The maximum absolute atomic E-state index is 13.9. The Balaban J connectivity index is 1.23. The van der Waals surface area contributed by atoms with Gasteiger partial charge in [-0.25, -0.2) is 0 Å². The van der Waals surface area contributed by atoms with Gasteiger partial charge in [0, 0.05) is 12.3 Å². The van der Waals surface area contributed by atoms with Crippen molar-refractivity contribution < 1.29 is 17.4 Å². The topological polar surface area (TPSA) is 60.4 Å². The zero-order valence-corrected chi connectivity index (χ0v) is 25.7. The first kappa shape index (κ1) is 29.3. The number of ketones is 1. The molecule has 0 amide bonds. The molecule has 1 aromatic rings. The summed E-state index contributed by atoms with van der Waals surface area (Å²) in [5.41, 5.74) is 1.47. The third kappa shape index (κ3) is 5.65. The standard InChI is InChI=1S/C34H52O4S/c1-5-6-7-8-9-10-11-25-14-17-29-32-30(19-21-33(25,29)3)34(4)20-18-27(22-26(34)23-31(32)35)38-39(36,37)28-15-12-24(2)13-16-28/h12-13,15-16,25-27,29-30,32H,5-11,14,17-23H2,1-4H3/t25-,26+,27-,29+,30-,32-,33+,34-/m0/s1. The Morgan fingerprint density at radius 3 is 2.28 bits per heavy atom. The molecule has 4 aliphatic carbocycles. The molecule has 0 unspecified atom stereocenters. The second-order valence-corrected chi connectivity index (χ2v) is 15.8. The molecule has 5 heteroatoms. The number of Topliss-reactive ketones (excluding diaryl/α,β-unsaturated/α-hetero) is 1. The van der Waals surface area contributed by atoms with E-state index in [0.29, 0.717) is 35.9 Å². The van der Waals surface area contributed by atoms with Gasteiger partial charge in [-0.1, -0.05) is 77.0 Å². The molecule has 4 nitrogen and oxygen atoms in total. The Kier molecular flexibility index (Phi) is 8.70. The van der Waals surface area contributed by atoms with Crippen LogP contribution in [-0.2, 0) is 19.1 Å². The number of hydrogen-bond donors (Lipinski definition) is 0. The van der Waals surface area contributed by atoms with E-state index in [4.69, 9.17) is 4.18 Å². The van der Waals surface area contributed by atoms with Crippen LogP contribution in [0.15, 0.2) is 29.2 Å². The van der Waals surface area contributed by atoms with Crippen LogP contribution in [0.5, 0.6) is 0 Å². The van der Waals surface area contributed by atoms with E-state index >= 15 is 0 Å². The summed E-state index contributed by atoms with van der Waals surface area (Å²) in [5, 5.41) is 0. The van der Waals surface area contributed by atoms with Crippen molar-refractivity contribution in [3.63, 3.8) is 0 Å². The Bertz CT molecular complexity index is 1110. The second-order valence-electron chi connectivity index (χ2n) is 14.2. The van der Waals surface area contributed by atoms with Gasteiger partial charge in [0.2, 0.25) is 0 Å². The quantitative estimate of drug-likeness (QED) is 0.214. The third-order valence-electron chi connectivity index (χ3n) is 12.1. The summed E-state index contributed by atoms with van der Waals surface area (Å²) in [7, 11) is -3.80. The van der Waals surface area contributed by atoms with Crippen LogP contribution >= 0.6 is 0 Å². The van der Waals surface area contributed by atoms with Crippen molar-refractivity contribution in [3.05, 3.63) is 29.8 Å². The number of rotatable bonds is 10. The van der Waals surface area contributed by atoms with E-state index in [0.717, 1.165) is 30.7 Å². The maximum Gasteiger partial charge on any atom is 0.297 e. The van der Waals surface area contributed by atoms with Crippen molar-refractivity contribution in [1.29, 1.82) is 0 Å². The SMILES string of the molecule is CCCCCCCC[C@H]1CC[C@@H]2[C@@H]3C(=O)C[C@H]4C[C@@H](OS(=O)(=O)c5ccc(C)cc5)CC[C@]4(C)[C@H]3CC[C@]12C. The number of unbranched alkanes of at least 4 members (excludes halogenated alkanes) is 5. The van der Waals surface area contributed by atoms with E-state index in [1.807, 2.05) is 19.1 Å². The van der Waals surface area contributed by atoms with Crippen molar-refractivity contribution >= 4 is 15.9 Å². The molecule has 0 N–H and O–H groups in total. The first-order valence-electron chi connectivity index (χ1n) is 16.1. The minimum absolute atomic E-state index is 0.116. The lowest BCUT2D eigenvalue weighted by molar-refractivity contribution is -0.159. The minimum Gasteiger partial charge on any atom is -0.299 e. The highest BCUT2D eigenvalue weighted by atomic mass is 32.2. The van der Waals surface area contributed by atoms with Crippen molar-refractivity contribution in [3.8, 4) is 0 Å². The Labute approximate surface area is 238 Å². The Morgan fingerprint density at radius 2 is 1.54 bits per heavy atom. The zero-order valence-electron chi connectivity index (χ0n) is 24.9. The molecule has 0 bridgehead atoms. The molecule has 0 heterocycles. The van der Waals surface area contributed by atoms with Gasteiger partial charge in [-0.15, -0.1) is 0 Å². The molecule has 8 atom stereocenters. The zero-order chi connectivity index (χ0) is 27.8. The number of benzene rings is 1. The van der Waals surface area contributed by atoms with Crippen molar-refractivity contribution in [1.82, 2.24) is 0 Å². The van der Waals surface area contributed by atoms with Crippen LogP contribution in [0.1, 0.15) is 123 Å². The van der Waals surface area contributed by atoms with E-state index in [2.05, 4.69) is 20.8 Å². The lowest BCUT2D eigenvalue weighted by Gasteiger charge is -2.60. The first-order chi connectivity index (χ1) is 18.6. The van der Waals surface area contributed by atoms with Gasteiger partial charge in [0.1, 0.15) is 5.78 Å². The molecule has 0 aliphatic heterocycles. The fourth-order valence-electron chi connectivity index (χ4n) is 9.67. The number of carbonyl (C=O) groups excluding carboxylic acids is 1. The lowest BCUT2D eigenvalue weighted by Crippen LogP contribution is -2.57. The molecule has 4 aliphatic rings. The van der Waals surface area contributed by atoms with E-state index in [-0.39, 0.29) is 28.3 Å². The van der Waals surface area contributed by atoms with Crippen LogP contribution in [0.25, 0.3) is 0 Å². The fraction of sp³-hybridized carbons (Fsp3) is 0.794. The van der Waals surface area contributed by atoms with E-state index < -0.39 is 10.1 Å². The monoisotopic (exact) mass is 556 g/mol. The molecule has 0 spiro atoms. The number of fused-ring (bicyclic) bond motifs is 5. The Hall–Kier alpha value is -1.20. The highest BCUT2D eigenvalue weighted by Gasteiger charge is 2.62. The molecule has 218 valence electrons. The molecule has 39 heavy (non-hydrogen) atoms. The highest BCUT2D eigenvalue weighted by Crippen LogP contribution is 2.67. The highest BCUT2D eigenvalue weighted by molar-refractivity contribution is 7.86. The molecule has 0 aromatic heterocycles. The average Bonchev–Trinajstić information content (AvgIpc) is 3.23. The predicted molar refractivity (Wildman–Crippen MR) is 157 cm³/mol. The van der Waals surface area contributed by atoms with Crippen LogP contribution in [0.3, 0.4) is 0 Å². The summed E-state index contributed by atoms with van der Waals surface area (Å²) >= 11 is 0. The van der Waals surface area contributed by atoms with Crippen molar-refractivity contribution in [2.75, 3.05) is 0 Å². The molecule has 4 fully saturated rings. The number of carbonyl (C=O) groups is 1. The van der Waals surface area contributed by atoms with Gasteiger partial charge in [0.05, 0.1) is 11.0 Å². The van der Waals surface area contributed by atoms with Crippen LogP contribution in [0, 0.1) is 47.3 Å². The van der Waals surface area contributed by atoms with Gasteiger partial charge in [0.15, 0.2) is 0 Å². The third-order valence-corrected chi connectivity index (χ3v) is 13.5. The molecule has 5 rings (SSSR count). The summed E-state index contributed by atoms with van der Waals surface area (Å²) in [6, 6.07) is 6.89. The van der Waals surface area contributed by atoms with Crippen molar-refractivity contribution in [2.45, 2.75) is 135 Å². The molecular formula is C34H52O4S. The number of aryl methyl sites for hydroxylation is 1. The lowest BCUT2D eigenvalue weighted by atomic mass is 9.44. The maximum atomic E-state index is 13.9. The predicted octanol–water partition coefficient (Wildman–Crippen LogP) is 8.66. The van der Waals surface area contributed by atoms with Gasteiger partial charge >= 0.3 is 0 Å². The average molecular weight is 557 g/mol. The smallest absolute Gasteiger partial charge is 0.297 e. The summed E-state index contributed by atoms with van der Waals surface area (Å²) in [6.07, 6.45) is 17.1. The summed E-state index contributed by atoms with van der Waals surface area (Å²) < 4.78 is 31.8.